The molecule has 1 N–H and O–H groups in total. The summed E-state index contributed by atoms with van der Waals surface area (Å²) in [7, 11) is 1.32. The molecule has 2 aromatic rings. The van der Waals surface area contributed by atoms with Crippen LogP contribution in [-0.2, 0) is 11.3 Å². The minimum atomic E-state index is -0.473. The molecule has 4 nitrogen and oxygen atoms in total. The highest BCUT2D eigenvalue weighted by molar-refractivity contribution is 9.10. The number of hydrogen-bond acceptors (Lipinski definition) is 5. The third-order valence-corrected chi connectivity index (χ3v) is 4.57. The van der Waals surface area contributed by atoms with Gasteiger partial charge in [0.1, 0.15) is 0 Å². The minimum absolute atomic E-state index is 0.162. The second-order valence-corrected chi connectivity index (χ2v) is 6.33. The summed E-state index contributed by atoms with van der Waals surface area (Å²) >= 11 is 10.5. The maximum Gasteiger partial charge on any atom is 0.351 e. The smallest absolute Gasteiger partial charge is 0.351 e. The molecule has 0 aliphatic carbocycles. The van der Waals surface area contributed by atoms with E-state index in [1.54, 1.807) is 0 Å². The second kappa shape index (κ2) is 6.56. The van der Waals surface area contributed by atoms with Crippen LogP contribution in [0.5, 0.6) is 0 Å². The first-order valence-corrected chi connectivity index (χ1v) is 7.73. The van der Waals surface area contributed by atoms with Gasteiger partial charge in [0, 0.05) is 11.0 Å². The molecule has 0 unspecified atom stereocenters. The summed E-state index contributed by atoms with van der Waals surface area (Å²) in [6, 6.07) is 6.07. The lowest BCUT2D eigenvalue weighted by molar-refractivity contribution is 0.0606. The highest BCUT2D eigenvalue weighted by Gasteiger charge is 2.17. The van der Waals surface area contributed by atoms with E-state index in [1.165, 1.54) is 24.0 Å². The molecule has 20 heavy (non-hydrogen) atoms. The van der Waals surface area contributed by atoms with Crippen LogP contribution in [0.2, 0.25) is 5.15 Å². The van der Waals surface area contributed by atoms with Crippen LogP contribution in [0, 0.1) is 6.92 Å². The van der Waals surface area contributed by atoms with Gasteiger partial charge in [-0.05, 0) is 30.2 Å². The van der Waals surface area contributed by atoms with Crippen molar-refractivity contribution in [2.24, 2.45) is 0 Å². The fraction of sp³-hybridized carbons (Fsp3) is 0.231. The molecule has 0 atom stereocenters. The van der Waals surface area contributed by atoms with Gasteiger partial charge in [-0.15, -0.1) is 0 Å². The molecule has 0 aliphatic rings. The summed E-state index contributed by atoms with van der Waals surface area (Å²) in [4.78, 5) is 15.9. The molecule has 0 radical (unpaired) electrons. The zero-order valence-electron chi connectivity index (χ0n) is 10.9. The quantitative estimate of drug-likeness (QED) is 0.811. The lowest BCUT2D eigenvalue weighted by Crippen LogP contribution is -2.00. The molecule has 2 rings (SSSR count). The first-order chi connectivity index (χ1) is 9.51. The zero-order valence-corrected chi connectivity index (χ0v) is 14.0. The van der Waals surface area contributed by atoms with Crippen LogP contribution in [0.25, 0.3) is 0 Å². The number of ether oxygens (including phenoxy) is 1. The number of aromatic nitrogens is 1. The van der Waals surface area contributed by atoms with Crippen LogP contribution in [0.1, 0.15) is 20.8 Å². The fourth-order valence-corrected chi connectivity index (χ4v) is 3.10. The highest BCUT2D eigenvalue weighted by atomic mass is 79.9. The number of methoxy groups -OCH3 is 1. The molecule has 7 heteroatoms. The highest BCUT2D eigenvalue weighted by Crippen LogP contribution is 2.28. The van der Waals surface area contributed by atoms with Gasteiger partial charge in [-0.1, -0.05) is 44.9 Å². The number of thiazole rings is 1. The maximum atomic E-state index is 11.5. The fourth-order valence-electron chi connectivity index (χ4n) is 1.60. The van der Waals surface area contributed by atoms with Crippen molar-refractivity contribution >= 4 is 50.0 Å². The van der Waals surface area contributed by atoms with Crippen molar-refractivity contribution < 1.29 is 9.53 Å². The Balaban J connectivity index is 2.11. The van der Waals surface area contributed by atoms with Crippen LogP contribution >= 0.6 is 38.9 Å². The summed E-state index contributed by atoms with van der Waals surface area (Å²) in [6.45, 7) is 2.65. The van der Waals surface area contributed by atoms with E-state index < -0.39 is 5.97 Å². The molecule has 106 valence electrons. The third-order valence-electron chi connectivity index (χ3n) is 2.70. The Morgan fingerprint density at radius 3 is 3.00 bits per heavy atom. The van der Waals surface area contributed by atoms with Gasteiger partial charge in [-0.25, -0.2) is 9.78 Å². The summed E-state index contributed by atoms with van der Waals surface area (Å²) in [6.07, 6.45) is 0. The van der Waals surface area contributed by atoms with Gasteiger partial charge in [0.05, 0.1) is 7.11 Å². The van der Waals surface area contributed by atoms with Gasteiger partial charge in [0.15, 0.2) is 15.2 Å². The van der Waals surface area contributed by atoms with Crippen molar-refractivity contribution in [2.45, 2.75) is 13.5 Å². The average molecular weight is 376 g/mol. The number of benzene rings is 1. The average Bonchev–Trinajstić information content (AvgIpc) is 2.80. The van der Waals surface area contributed by atoms with Crippen molar-refractivity contribution in [2.75, 3.05) is 12.4 Å². The van der Waals surface area contributed by atoms with Crippen LogP contribution in [0.3, 0.4) is 0 Å². The number of nitrogens with zero attached hydrogens (tertiary/aromatic N) is 1. The first-order valence-electron chi connectivity index (χ1n) is 5.75. The first kappa shape index (κ1) is 15.3. The molecule has 1 heterocycles. The topological polar surface area (TPSA) is 51.2 Å². The third kappa shape index (κ3) is 3.50. The summed E-state index contributed by atoms with van der Waals surface area (Å²) in [5, 5.41) is 3.92. The number of anilines is 1. The Hall–Kier alpha value is -1.11. The molecule has 1 aromatic heterocycles. The summed E-state index contributed by atoms with van der Waals surface area (Å²) in [5.41, 5.74) is 2.32. The number of aryl methyl sites for hydroxylation is 1. The Labute approximate surface area is 134 Å². The largest absolute Gasteiger partial charge is 0.465 e. The Morgan fingerprint density at radius 2 is 2.30 bits per heavy atom. The van der Waals surface area contributed by atoms with Gasteiger partial charge >= 0.3 is 5.97 Å². The summed E-state index contributed by atoms with van der Waals surface area (Å²) < 4.78 is 5.66. The maximum absolute atomic E-state index is 11.5. The molecule has 0 aliphatic heterocycles. The lowest BCUT2D eigenvalue weighted by atomic mass is 10.1. The van der Waals surface area contributed by atoms with Gasteiger partial charge in [-0.2, -0.15) is 0 Å². The van der Waals surface area contributed by atoms with Crippen LogP contribution < -0.4 is 5.32 Å². The van der Waals surface area contributed by atoms with Crippen molar-refractivity contribution in [1.29, 1.82) is 0 Å². The zero-order chi connectivity index (χ0) is 14.7. The van der Waals surface area contributed by atoms with Crippen molar-refractivity contribution in [3.63, 3.8) is 0 Å². The number of esters is 1. The van der Waals surface area contributed by atoms with Crippen molar-refractivity contribution in [3.8, 4) is 0 Å². The van der Waals surface area contributed by atoms with E-state index in [4.69, 9.17) is 11.6 Å². The van der Waals surface area contributed by atoms with E-state index in [9.17, 15) is 4.79 Å². The predicted molar refractivity (Wildman–Crippen MR) is 84.7 cm³/mol. The van der Waals surface area contributed by atoms with Gasteiger partial charge < -0.3 is 10.1 Å². The van der Waals surface area contributed by atoms with Crippen LogP contribution in [0.15, 0.2) is 22.7 Å². The Morgan fingerprint density at radius 1 is 1.55 bits per heavy atom. The van der Waals surface area contributed by atoms with E-state index in [0.29, 0.717) is 16.6 Å². The van der Waals surface area contributed by atoms with Crippen molar-refractivity contribution in [1.82, 2.24) is 4.98 Å². The molecule has 0 amide bonds. The molecule has 1 aromatic carbocycles. The van der Waals surface area contributed by atoms with Gasteiger partial charge in [0.25, 0.3) is 0 Å². The molecular weight excluding hydrogens is 364 g/mol. The summed E-state index contributed by atoms with van der Waals surface area (Å²) in [5.74, 6) is -0.473. The number of rotatable bonds is 4. The standard InChI is InChI=1S/C13H12BrClN2O2S/c1-7-3-4-9(14)5-8(7)6-16-13-17-11(15)10(20-13)12(18)19-2/h3-5H,6H2,1-2H3,(H,16,17). The number of carbonyl (C=O) groups is 1. The minimum Gasteiger partial charge on any atom is -0.465 e. The number of carbonyl (C=O) groups excluding carboxylic acids is 1. The molecule has 0 bridgehead atoms. The normalized spacial score (nSPS) is 10.4. The van der Waals surface area contributed by atoms with Crippen LogP contribution in [0.4, 0.5) is 5.13 Å². The number of hydrogen-bond donors (Lipinski definition) is 1. The van der Waals surface area contributed by atoms with Crippen LogP contribution in [-0.4, -0.2) is 18.1 Å². The van der Waals surface area contributed by atoms with E-state index in [0.717, 1.165) is 10.0 Å². The second-order valence-electron chi connectivity index (χ2n) is 4.05. The molecule has 0 spiro atoms. The molecular formula is C13H12BrClN2O2S. The van der Waals surface area contributed by atoms with Gasteiger partial charge in [0.2, 0.25) is 0 Å². The van der Waals surface area contributed by atoms with E-state index >= 15 is 0 Å². The van der Waals surface area contributed by atoms with E-state index in [-0.39, 0.29) is 5.15 Å². The monoisotopic (exact) mass is 374 g/mol. The lowest BCUT2D eigenvalue weighted by Gasteiger charge is -2.07. The molecule has 0 fully saturated rings. The molecule has 0 saturated heterocycles. The number of halogens is 2. The SMILES string of the molecule is COC(=O)c1sc(NCc2cc(Br)ccc2C)nc1Cl. The van der Waals surface area contributed by atoms with E-state index in [2.05, 4.69) is 31.0 Å². The Bertz CT molecular complexity index is 645. The number of nitrogens with one attached hydrogen (secondary N) is 1. The van der Waals surface area contributed by atoms with Gasteiger partial charge in [-0.3, -0.25) is 0 Å². The predicted octanol–water partition coefficient (Wildman–Crippen LogP) is 4.27. The van der Waals surface area contributed by atoms with Crippen molar-refractivity contribution in [3.05, 3.63) is 43.8 Å². The Kier molecular flexibility index (Phi) is 5.01. The molecule has 0 saturated carbocycles. The van der Waals surface area contributed by atoms with E-state index in [1.807, 2.05) is 25.1 Å².